The summed E-state index contributed by atoms with van der Waals surface area (Å²) in [6.07, 6.45) is 2.30. The second kappa shape index (κ2) is 5.17. The number of nitrogens with zero attached hydrogens (tertiary/aromatic N) is 2. The monoisotopic (exact) mass is 255 g/mol. The van der Waals surface area contributed by atoms with Gasteiger partial charge in [-0.2, -0.15) is 5.10 Å². The highest BCUT2D eigenvalue weighted by molar-refractivity contribution is 5.33. The molecule has 3 nitrogen and oxygen atoms in total. The fourth-order valence-electron chi connectivity index (χ4n) is 2.97. The first-order chi connectivity index (χ1) is 9.26. The Morgan fingerprint density at radius 1 is 1.26 bits per heavy atom. The predicted octanol–water partition coefficient (Wildman–Crippen LogP) is 2.47. The minimum absolute atomic E-state index is 0.568. The molecule has 0 saturated carbocycles. The van der Waals surface area contributed by atoms with E-state index in [1.165, 1.54) is 16.8 Å². The Labute approximate surface area is 114 Å². The normalized spacial score (nSPS) is 14.8. The van der Waals surface area contributed by atoms with E-state index in [2.05, 4.69) is 59.3 Å². The van der Waals surface area contributed by atoms with Crippen LogP contribution in [0.3, 0.4) is 0 Å². The molecule has 0 radical (unpaired) electrons. The van der Waals surface area contributed by atoms with Crippen molar-refractivity contribution in [1.82, 2.24) is 15.1 Å². The standard InChI is InChI=1S/C16H21N3/c1-3-19-16(8-12(2)18-19)11-17-15-9-13-6-4-5-7-14(13)10-15/h4-8,15,17H,3,9-11H2,1-2H3. The third-order valence-corrected chi connectivity index (χ3v) is 3.91. The van der Waals surface area contributed by atoms with E-state index < -0.39 is 0 Å². The third kappa shape index (κ3) is 2.56. The van der Waals surface area contributed by atoms with Gasteiger partial charge < -0.3 is 5.32 Å². The smallest absolute Gasteiger partial charge is 0.0597 e. The summed E-state index contributed by atoms with van der Waals surface area (Å²) in [5, 5.41) is 8.16. The van der Waals surface area contributed by atoms with Gasteiger partial charge in [-0.15, -0.1) is 0 Å². The Kier molecular flexibility index (Phi) is 3.38. The number of aryl methyl sites for hydroxylation is 2. The molecule has 0 saturated heterocycles. The van der Waals surface area contributed by atoms with Crippen LogP contribution in [0.25, 0.3) is 0 Å². The Bertz CT molecular complexity index is 546. The molecule has 3 heteroatoms. The molecule has 1 aliphatic carbocycles. The molecule has 0 atom stereocenters. The molecule has 2 aromatic rings. The van der Waals surface area contributed by atoms with Crippen LogP contribution in [-0.2, 0) is 25.9 Å². The Balaban J connectivity index is 1.62. The van der Waals surface area contributed by atoms with Crippen molar-refractivity contribution in [3.8, 4) is 0 Å². The van der Waals surface area contributed by atoms with Crippen LogP contribution in [0.2, 0.25) is 0 Å². The zero-order valence-electron chi connectivity index (χ0n) is 11.7. The predicted molar refractivity (Wildman–Crippen MR) is 77.1 cm³/mol. The average Bonchev–Trinajstić information content (AvgIpc) is 2.98. The van der Waals surface area contributed by atoms with Gasteiger partial charge in [-0.25, -0.2) is 0 Å². The van der Waals surface area contributed by atoms with Gasteiger partial charge in [0.2, 0.25) is 0 Å². The van der Waals surface area contributed by atoms with Gasteiger partial charge in [-0.05, 0) is 43.9 Å². The molecule has 0 aliphatic heterocycles. The van der Waals surface area contributed by atoms with Crippen molar-refractivity contribution in [3.05, 3.63) is 52.8 Å². The minimum Gasteiger partial charge on any atom is -0.308 e. The molecule has 1 aromatic carbocycles. The molecule has 19 heavy (non-hydrogen) atoms. The van der Waals surface area contributed by atoms with Crippen molar-refractivity contribution in [2.45, 2.75) is 45.8 Å². The minimum atomic E-state index is 0.568. The van der Waals surface area contributed by atoms with Crippen LogP contribution in [0, 0.1) is 6.92 Å². The van der Waals surface area contributed by atoms with Crippen molar-refractivity contribution >= 4 is 0 Å². The van der Waals surface area contributed by atoms with Crippen molar-refractivity contribution in [2.75, 3.05) is 0 Å². The zero-order valence-corrected chi connectivity index (χ0v) is 11.7. The highest BCUT2D eigenvalue weighted by Gasteiger charge is 2.20. The topological polar surface area (TPSA) is 29.9 Å². The Morgan fingerprint density at radius 2 is 1.95 bits per heavy atom. The lowest BCUT2D eigenvalue weighted by atomic mass is 10.1. The van der Waals surface area contributed by atoms with Crippen LogP contribution >= 0.6 is 0 Å². The zero-order chi connectivity index (χ0) is 13.2. The highest BCUT2D eigenvalue weighted by Crippen LogP contribution is 2.21. The number of fused-ring (bicyclic) bond motifs is 1. The van der Waals surface area contributed by atoms with Crippen molar-refractivity contribution in [1.29, 1.82) is 0 Å². The molecular weight excluding hydrogens is 234 g/mol. The van der Waals surface area contributed by atoms with Crippen molar-refractivity contribution < 1.29 is 0 Å². The van der Waals surface area contributed by atoms with Crippen LogP contribution in [0.5, 0.6) is 0 Å². The van der Waals surface area contributed by atoms with E-state index >= 15 is 0 Å². The molecule has 1 heterocycles. The van der Waals surface area contributed by atoms with E-state index in [1.807, 2.05) is 0 Å². The highest BCUT2D eigenvalue weighted by atomic mass is 15.3. The summed E-state index contributed by atoms with van der Waals surface area (Å²) in [6.45, 7) is 6.05. The number of benzene rings is 1. The van der Waals surface area contributed by atoms with E-state index in [0.29, 0.717) is 6.04 Å². The lowest BCUT2D eigenvalue weighted by molar-refractivity contribution is 0.504. The van der Waals surface area contributed by atoms with Gasteiger partial charge in [0, 0.05) is 19.1 Å². The fraction of sp³-hybridized carbons (Fsp3) is 0.438. The number of hydrogen-bond acceptors (Lipinski definition) is 2. The van der Waals surface area contributed by atoms with Gasteiger partial charge in [-0.1, -0.05) is 24.3 Å². The fourth-order valence-corrected chi connectivity index (χ4v) is 2.97. The first kappa shape index (κ1) is 12.4. The van der Waals surface area contributed by atoms with Gasteiger partial charge in [0.1, 0.15) is 0 Å². The number of hydrogen-bond donors (Lipinski definition) is 1. The van der Waals surface area contributed by atoms with Gasteiger partial charge >= 0.3 is 0 Å². The van der Waals surface area contributed by atoms with E-state index in [4.69, 9.17) is 0 Å². The molecule has 0 bridgehead atoms. The van der Waals surface area contributed by atoms with Crippen LogP contribution in [0.4, 0.5) is 0 Å². The van der Waals surface area contributed by atoms with Gasteiger partial charge in [0.15, 0.2) is 0 Å². The van der Waals surface area contributed by atoms with Crippen LogP contribution in [0.15, 0.2) is 30.3 Å². The first-order valence-corrected chi connectivity index (χ1v) is 7.09. The summed E-state index contributed by atoms with van der Waals surface area (Å²) in [4.78, 5) is 0. The molecular formula is C16H21N3. The molecule has 0 spiro atoms. The van der Waals surface area contributed by atoms with Gasteiger partial charge in [0.25, 0.3) is 0 Å². The quantitative estimate of drug-likeness (QED) is 0.909. The summed E-state index contributed by atoms with van der Waals surface area (Å²) < 4.78 is 2.09. The first-order valence-electron chi connectivity index (χ1n) is 7.09. The molecule has 1 N–H and O–H groups in total. The van der Waals surface area contributed by atoms with Crippen LogP contribution < -0.4 is 5.32 Å². The summed E-state index contributed by atoms with van der Waals surface area (Å²) in [7, 11) is 0. The summed E-state index contributed by atoms with van der Waals surface area (Å²) in [5.74, 6) is 0. The molecule has 1 aromatic heterocycles. The maximum atomic E-state index is 4.49. The van der Waals surface area contributed by atoms with Gasteiger partial charge in [0.05, 0.1) is 11.4 Å². The molecule has 0 amide bonds. The van der Waals surface area contributed by atoms with E-state index in [0.717, 1.165) is 31.6 Å². The van der Waals surface area contributed by atoms with Crippen molar-refractivity contribution in [2.24, 2.45) is 0 Å². The van der Waals surface area contributed by atoms with E-state index in [9.17, 15) is 0 Å². The summed E-state index contributed by atoms with van der Waals surface area (Å²) in [5.41, 5.74) is 5.39. The van der Waals surface area contributed by atoms with Gasteiger partial charge in [-0.3, -0.25) is 4.68 Å². The van der Waals surface area contributed by atoms with E-state index in [1.54, 1.807) is 0 Å². The number of nitrogens with one attached hydrogen (secondary N) is 1. The summed E-state index contributed by atoms with van der Waals surface area (Å²) >= 11 is 0. The maximum Gasteiger partial charge on any atom is 0.0597 e. The Hall–Kier alpha value is -1.61. The lowest BCUT2D eigenvalue weighted by Crippen LogP contribution is -2.29. The molecule has 1 aliphatic rings. The van der Waals surface area contributed by atoms with Crippen LogP contribution in [0.1, 0.15) is 29.4 Å². The molecule has 100 valence electrons. The SMILES string of the molecule is CCn1nc(C)cc1CNC1Cc2ccccc2C1. The second-order valence-electron chi connectivity index (χ2n) is 5.35. The second-order valence-corrected chi connectivity index (χ2v) is 5.35. The lowest BCUT2D eigenvalue weighted by Gasteiger charge is -2.12. The Morgan fingerprint density at radius 3 is 2.58 bits per heavy atom. The maximum absolute atomic E-state index is 4.49. The third-order valence-electron chi connectivity index (χ3n) is 3.91. The molecule has 0 unspecified atom stereocenters. The molecule has 0 fully saturated rings. The van der Waals surface area contributed by atoms with E-state index in [-0.39, 0.29) is 0 Å². The van der Waals surface area contributed by atoms with Crippen molar-refractivity contribution in [3.63, 3.8) is 0 Å². The number of rotatable bonds is 4. The summed E-state index contributed by atoms with van der Waals surface area (Å²) in [6, 6.07) is 11.5. The number of aromatic nitrogens is 2. The van der Waals surface area contributed by atoms with Crippen LogP contribution in [-0.4, -0.2) is 15.8 Å². The molecule has 3 rings (SSSR count). The largest absolute Gasteiger partial charge is 0.308 e. The average molecular weight is 255 g/mol.